The molecule has 0 saturated carbocycles. The number of halogens is 2. The Labute approximate surface area is 145 Å². The van der Waals surface area contributed by atoms with Crippen LogP contribution in [0.2, 0.25) is 10.0 Å². The normalized spacial score (nSPS) is 20.4. The van der Waals surface area contributed by atoms with Crippen LogP contribution in [0.25, 0.3) is 0 Å². The van der Waals surface area contributed by atoms with Gasteiger partial charge in [0.05, 0.1) is 12.1 Å². The van der Waals surface area contributed by atoms with Crippen molar-refractivity contribution in [3.63, 3.8) is 0 Å². The quantitative estimate of drug-likeness (QED) is 0.726. The number of amides is 1. The summed E-state index contributed by atoms with van der Waals surface area (Å²) in [6, 6.07) is 12.3. The fourth-order valence-corrected chi connectivity index (χ4v) is 3.22. The van der Waals surface area contributed by atoms with E-state index in [1.165, 1.54) is 0 Å². The van der Waals surface area contributed by atoms with Crippen LogP contribution in [-0.2, 0) is 0 Å². The maximum absolute atomic E-state index is 13.0. The molecular weight excluding hydrogens is 333 g/mol. The van der Waals surface area contributed by atoms with Crippen molar-refractivity contribution in [1.82, 2.24) is 4.90 Å². The van der Waals surface area contributed by atoms with E-state index in [-0.39, 0.29) is 18.0 Å². The second-order valence-corrected chi connectivity index (χ2v) is 6.61. The highest BCUT2D eigenvalue weighted by Gasteiger charge is 2.32. The van der Waals surface area contributed by atoms with Gasteiger partial charge in [-0.15, -0.1) is 0 Å². The first-order valence-corrected chi connectivity index (χ1v) is 8.23. The first-order chi connectivity index (χ1) is 11.0. The smallest absolute Gasteiger partial charge is 0.254 e. The van der Waals surface area contributed by atoms with Gasteiger partial charge in [-0.2, -0.15) is 0 Å². The molecule has 2 aromatic carbocycles. The number of hydrogen-bond donors (Lipinski definition) is 0. The van der Waals surface area contributed by atoms with Crippen molar-refractivity contribution in [2.75, 3.05) is 6.61 Å². The number of benzene rings is 2. The van der Waals surface area contributed by atoms with Gasteiger partial charge in [0.1, 0.15) is 12.4 Å². The molecule has 0 bridgehead atoms. The SMILES string of the molecule is C[C@@H]1COc2ccc(Cl)cc2[C@H](C)N1C(=O)c1ccc(Cl)cc1. The average molecular weight is 350 g/mol. The van der Waals surface area contributed by atoms with Gasteiger partial charge in [-0.3, -0.25) is 4.79 Å². The summed E-state index contributed by atoms with van der Waals surface area (Å²) in [6.07, 6.45) is 0. The number of carbonyl (C=O) groups excluding carboxylic acids is 1. The third-order valence-electron chi connectivity index (χ3n) is 4.12. The topological polar surface area (TPSA) is 29.5 Å². The number of hydrogen-bond acceptors (Lipinski definition) is 2. The van der Waals surface area contributed by atoms with E-state index in [9.17, 15) is 4.79 Å². The molecule has 3 rings (SSSR count). The van der Waals surface area contributed by atoms with E-state index in [2.05, 4.69) is 0 Å². The molecule has 0 spiro atoms. The standard InChI is InChI=1S/C18H17Cl2NO2/c1-11-10-23-17-8-7-15(20)9-16(17)12(2)21(11)18(22)13-3-5-14(19)6-4-13/h3-9,11-12H,10H2,1-2H3/t11-,12+/m1/s1. The summed E-state index contributed by atoms with van der Waals surface area (Å²) in [6.45, 7) is 4.42. The molecule has 0 radical (unpaired) electrons. The molecule has 2 aromatic rings. The largest absolute Gasteiger partial charge is 0.491 e. The molecule has 0 N–H and O–H groups in total. The molecule has 23 heavy (non-hydrogen) atoms. The Hall–Kier alpha value is -1.71. The number of ether oxygens (including phenoxy) is 1. The summed E-state index contributed by atoms with van der Waals surface area (Å²) in [7, 11) is 0. The summed E-state index contributed by atoms with van der Waals surface area (Å²) in [4.78, 5) is 14.8. The molecule has 0 saturated heterocycles. The van der Waals surface area contributed by atoms with Crippen LogP contribution in [0, 0.1) is 0 Å². The number of nitrogens with zero attached hydrogens (tertiary/aromatic N) is 1. The molecule has 0 aliphatic carbocycles. The van der Waals surface area contributed by atoms with Gasteiger partial charge in [-0.25, -0.2) is 0 Å². The first-order valence-electron chi connectivity index (χ1n) is 7.48. The Morgan fingerprint density at radius 3 is 2.43 bits per heavy atom. The number of rotatable bonds is 1. The van der Waals surface area contributed by atoms with E-state index < -0.39 is 0 Å². The van der Waals surface area contributed by atoms with E-state index in [1.807, 2.05) is 30.9 Å². The molecule has 120 valence electrons. The van der Waals surface area contributed by atoms with E-state index in [0.29, 0.717) is 22.2 Å². The predicted octanol–water partition coefficient (Wildman–Crippen LogP) is 4.98. The van der Waals surface area contributed by atoms with Crippen molar-refractivity contribution in [3.8, 4) is 5.75 Å². The lowest BCUT2D eigenvalue weighted by Gasteiger charge is -2.32. The van der Waals surface area contributed by atoms with Crippen LogP contribution in [-0.4, -0.2) is 23.5 Å². The second kappa shape index (κ2) is 6.42. The zero-order chi connectivity index (χ0) is 16.6. The van der Waals surface area contributed by atoms with E-state index in [0.717, 1.165) is 11.3 Å². The Morgan fingerprint density at radius 2 is 1.74 bits per heavy atom. The highest BCUT2D eigenvalue weighted by Crippen LogP contribution is 2.36. The minimum atomic E-state index is -0.135. The van der Waals surface area contributed by atoms with Crippen LogP contribution in [0.4, 0.5) is 0 Å². The van der Waals surface area contributed by atoms with Crippen LogP contribution in [0.3, 0.4) is 0 Å². The number of carbonyl (C=O) groups is 1. The molecule has 1 amide bonds. The third kappa shape index (κ3) is 3.17. The van der Waals surface area contributed by atoms with Crippen molar-refractivity contribution in [1.29, 1.82) is 0 Å². The average Bonchev–Trinajstić information content (AvgIpc) is 2.65. The minimum absolute atomic E-state index is 0.0434. The van der Waals surface area contributed by atoms with Gasteiger partial charge in [-0.05, 0) is 56.3 Å². The van der Waals surface area contributed by atoms with Crippen LogP contribution in [0.5, 0.6) is 5.75 Å². The Morgan fingerprint density at radius 1 is 1.09 bits per heavy atom. The van der Waals surface area contributed by atoms with Crippen LogP contribution in [0.15, 0.2) is 42.5 Å². The molecule has 2 atom stereocenters. The zero-order valence-corrected chi connectivity index (χ0v) is 14.4. The molecule has 0 fully saturated rings. The van der Waals surface area contributed by atoms with Gasteiger partial charge in [0.2, 0.25) is 0 Å². The fourth-order valence-electron chi connectivity index (χ4n) is 2.92. The second-order valence-electron chi connectivity index (χ2n) is 5.74. The highest BCUT2D eigenvalue weighted by atomic mass is 35.5. The maximum Gasteiger partial charge on any atom is 0.254 e. The summed E-state index contributed by atoms with van der Waals surface area (Å²) in [5.41, 5.74) is 1.53. The van der Waals surface area contributed by atoms with Crippen molar-refractivity contribution in [2.45, 2.75) is 25.9 Å². The minimum Gasteiger partial charge on any atom is -0.491 e. The van der Waals surface area contributed by atoms with Gasteiger partial charge >= 0.3 is 0 Å². The van der Waals surface area contributed by atoms with Gasteiger partial charge < -0.3 is 9.64 Å². The molecular formula is C18H17Cl2NO2. The summed E-state index contributed by atoms with van der Waals surface area (Å²) in [5.74, 6) is 0.734. The van der Waals surface area contributed by atoms with Crippen LogP contribution < -0.4 is 4.74 Å². The molecule has 5 heteroatoms. The predicted molar refractivity (Wildman–Crippen MR) is 92.4 cm³/mol. The molecule has 0 aromatic heterocycles. The zero-order valence-electron chi connectivity index (χ0n) is 12.9. The van der Waals surface area contributed by atoms with Crippen LogP contribution >= 0.6 is 23.2 Å². The maximum atomic E-state index is 13.0. The van der Waals surface area contributed by atoms with Crippen molar-refractivity contribution >= 4 is 29.1 Å². The van der Waals surface area contributed by atoms with E-state index in [1.54, 1.807) is 30.3 Å². The van der Waals surface area contributed by atoms with Gasteiger partial charge in [-0.1, -0.05) is 23.2 Å². The fraction of sp³-hybridized carbons (Fsp3) is 0.278. The Kier molecular flexibility index (Phi) is 4.51. The van der Waals surface area contributed by atoms with Crippen molar-refractivity contribution < 1.29 is 9.53 Å². The van der Waals surface area contributed by atoms with Crippen LogP contribution in [0.1, 0.15) is 35.8 Å². The molecule has 1 heterocycles. The Balaban J connectivity index is 1.99. The third-order valence-corrected chi connectivity index (χ3v) is 4.61. The number of fused-ring (bicyclic) bond motifs is 1. The van der Waals surface area contributed by atoms with Crippen molar-refractivity contribution in [3.05, 3.63) is 63.6 Å². The lowest BCUT2D eigenvalue weighted by atomic mass is 10.0. The molecule has 1 aliphatic heterocycles. The first kappa shape index (κ1) is 16.2. The summed E-state index contributed by atoms with van der Waals surface area (Å²) >= 11 is 12.0. The molecule has 1 aliphatic rings. The van der Waals surface area contributed by atoms with E-state index in [4.69, 9.17) is 27.9 Å². The highest BCUT2D eigenvalue weighted by molar-refractivity contribution is 6.31. The lowest BCUT2D eigenvalue weighted by molar-refractivity contribution is 0.0576. The Bertz CT molecular complexity index is 730. The van der Waals surface area contributed by atoms with Crippen molar-refractivity contribution in [2.24, 2.45) is 0 Å². The molecule has 0 unspecified atom stereocenters. The van der Waals surface area contributed by atoms with E-state index >= 15 is 0 Å². The monoisotopic (exact) mass is 349 g/mol. The summed E-state index contributed by atoms with van der Waals surface area (Å²) in [5, 5.41) is 1.24. The van der Waals surface area contributed by atoms with Gasteiger partial charge in [0.15, 0.2) is 0 Å². The molecule has 3 nitrogen and oxygen atoms in total. The lowest BCUT2D eigenvalue weighted by Crippen LogP contribution is -2.41. The van der Waals surface area contributed by atoms with Gasteiger partial charge in [0.25, 0.3) is 5.91 Å². The summed E-state index contributed by atoms with van der Waals surface area (Å²) < 4.78 is 5.85. The van der Waals surface area contributed by atoms with Gasteiger partial charge in [0, 0.05) is 21.2 Å².